The molecule has 0 saturated carbocycles. The summed E-state index contributed by atoms with van der Waals surface area (Å²) in [7, 11) is 0. The van der Waals surface area contributed by atoms with E-state index in [9.17, 15) is 14.4 Å². The van der Waals surface area contributed by atoms with Crippen molar-refractivity contribution in [3.63, 3.8) is 0 Å². The highest BCUT2D eigenvalue weighted by atomic mass is 16.6. The number of carbonyl (C=O) groups is 2. The van der Waals surface area contributed by atoms with Crippen molar-refractivity contribution in [3.8, 4) is 5.75 Å². The summed E-state index contributed by atoms with van der Waals surface area (Å²) >= 11 is 0. The van der Waals surface area contributed by atoms with Gasteiger partial charge in [0.2, 0.25) is 5.91 Å². The Balaban J connectivity index is 1.22. The van der Waals surface area contributed by atoms with Gasteiger partial charge in [-0.2, -0.15) is 0 Å². The Hall–Kier alpha value is -3.56. The Labute approximate surface area is 190 Å². The molecule has 1 saturated heterocycles. The number of carbonyl (C=O) groups excluding carboxylic acids is 2. The number of rotatable bonds is 5. The number of pyridine rings is 1. The van der Waals surface area contributed by atoms with E-state index in [2.05, 4.69) is 15.0 Å². The van der Waals surface area contributed by atoms with Gasteiger partial charge in [-0.3, -0.25) is 9.78 Å². The van der Waals surface area contributed by atoms with Gasteiger partial charge in [0.25, 0.3) is 0 Å². The number of hydrogen-bond acceptors (Lipinski definition) is 6. The average molecular weight is 456 g/mol. The lowest BCUT2D eigenvalue weighted by Crippen LogP contribution is -2.51. The third kappa shape index (κ3) is 5.63. The van der Waals surface area contributed by atoms with Gasteiger partial charge in [-0.05, 0) is 51.5 Å². The number of hydrogen-bond donors (Lipinski definition) is 2. The highest BCUT2D eigenvalue weighted by molar-refractivity contribution is 5.90. The van der Waals surface area contributed by atoms with Crippen LogP contribution in [0.1, 0.15) is 33.6 Å². The first kappa shape index (κ1) is 22.6. The molecular formula is C23H29N5O5. The van der Waals surface area contributed by atoms with Crippen molar-refractivity contribution in [2.24, 2.45) is 0 Å². The first-order chi connectivity index (χ1) is 15.7. The van der Waals surface area contributed by atoms with Gasteiger partial charge >= 0.3 is 11.8 Å². The molecular weight excluding hydrogens is 426 g/mol. The Morgan fingerprint density at radius 1 is 1.06 bits per heavy atom. The molecule has 33 heavy (non-hydrogen) atoms. The van der Waals surface area contributed by atoms with E-state index in [0.717, 1.165) is 10.9 Å². The standard InChI is InChI=1S/C23H29N5O5/c1-23(2,3)33-22(31)28-10-8-27(9-11-28)19(29)5-4-12-32-16-6-7-17-15(13-16)14-18-20(24-17)26-21(30)25-18/h6-7,13-14H,4-5,8-12H2,1-3H3,(H2,24,25,26,30). The molecule has 3 aromatic rings. The Bertz CT molecular complexity index is 1220. The summed E-state index contributed by atoms with van der Waals surface area (Å²) in [6.45, 7) is 7.88. The Kier molecular flexibility index (Phi) is 6.26. The van der Waals surface area contributed by atoms with Crippen LogP contribution in [0.4, 0.5) is 4.79 Å². The number of piperazine rings is 1. The van der Waals surface area contributed by atoms with Crippen LogP contribution in [0.2, 0.25) is 0 Å². The molecule has 10 nitrogen and oxygen atoms in total. The second-order valence-corrected chi connectivity index (χ2v) is 9.12. The van der Waals surface area contributed by atoms with E-state index in [1.165, 1.54) is 0 Å². The maximum Gasteiger partial charge on any atom is 0.410 e. The van der Waals surface area contributed by atoms with Gasteiger partial charge in [-0.1, -0.05) is 0 Å². The van der Waals surface area contributed by atoms with E-state index in [1.807, 2.05) is 45.0 Å². The summed E-state index contributed by atoms with van der Waals surface area (Å²) in [6, 6.07) is 7.38. The Morgan fingerprint density at radius 3 is 2.52 bits per heavy atom. The highest BCUT2D eigenvalue weighted by Crippen LogP contribution is 2.22. The van der Waals surface area contributed by atoms with Crippen molar-refractivity contribution in [1.29, 1.82) is 0 Å². The molecule has 176 valence electrons. The van der Waals surface area contributed by atoms with Crippen molar-refractivity contribution in [2.75, 3.05) is 32.8 Å². The fourth-order valence-corrected chi connectivity index (χ4v) is 3.73. The number of aromatic nitrogens is 3. The molecule has 0 aliphatic carbocycles. The zero-order chi connectivity index (χ0) is 23.6. The van der Waals surface area contributed by atoms with Crippen LogP contribution in [-0.2, 0) is 9.53 Å². The quantitative estimate of drug-likeness (QED) is 0.571. The summed E-state index contributed by atoms with van der Waals surface area (Å²) in [5, 5.41) is 0.856. The van der Waals surface area contributed by atoms with E-state index >= 15 is 0 Å². The fourth-order valence-electron chi connectivity index (χ4n) is 3.73. The molecule has 0 atom stereocenters. The molecule has 10 heteroatoms. The number of amides is 2. The van der Waals surface area contributed by atoms with E-state index in [-0.39, 0.29) is 17.7 Å². The first-order valence-corrected chi connectivity index (χ1v) is 11.1. The van der Waals surface area contributed by atoms with E-state index < -0.39 is 5.60 Å². The predicted octanol–water partition coefficient (Wildman–Crippen LogP) is 2.64. The van der Waals surface area contributed by atoms with E-state index in [1.54, 1.807) is 9.80 Å². The average Bonchev–Trinajstić information content (AvgIpc) is 3.12. The monoisotopic (exact) mass is 455 g/mol. The van der Waals surface area contributed by atoms with Crippen LogP contribution in [-0.4, -0.2) is 75.1 Å². The van der Waals surface area contributed by atoms with Crippen molar-refractivity contribution in [3.05, 3.63) is 34.7 Å². The van der Waals surface area contributed by atoms with E-state index in [4.69, 9.17) is 9.47 Å². The summed E-state index contributed by atoms with van der Waals surface area (Å²) in [6.07, 6.45) is 0.635. The molecule has 4 rings (SSSR count). The molecule has 2 N–H and O–H groups in total. The largest absolute Gasteiger partial charge is 0.494 e. The molecule has 2 aromatic heterocycles. The minimum Gasteiger partial charge on any atom is -0.494 e. The second-order valence-electron chi connectivity index (χ2n) is 9.12. The van der Waals surface area contributed by atoms with E-state index in [0.29, 0.717) is 62.5 Å². The number of benzene rings is 1. The summed E-state index contributed by atoms with van der Waals surface area (Å²) in [5.74, 6) is 0.740. The molecule has 1 aliphatic heterocycles. The van der Waals surface area contributed by atoms with Gasteiger partial charge in [0.05, 0.1) is 17.6 Å². The molecule has 0 bridgehead atoms. The molecule has 0 radical (unpaired) electrons. The predicted molar refractivity (Wildman–Crippen MR) is 123 cm³/mol. The SMILES string of the molecule is CC(C)(C)OC(=O)N1CCN(C(=O)CCCOc2ccc3nc4[nH]c(=O)[nH]c4cc3c2)CC1. The molecule has 1 aliphatic rings. The zero-order valence-electron chi connectivity index (χ0n) is 19.1. The van der Waals surface area contributed by atoms with Crippen LogP contribution in [0.25, 0.3) is 22.1 Å². The lowest BCUT2D eigenvalue weighted by Gasteiger charge is -2.35. The minimum absolute atomic E-state index is 0.0592. The van der Waals surface area contributed by atoms with Crippen LogP contribution in [0.5, 0.6) is 5.75 Å². The number of ether oxygens (including phenoxy) is 2. The summed E-state index contributed by atoms with van der Waals surface area (Å²) in [4.78, 5) is 49.3. The molecule has 1 fully saturated rings. The molecule has 1 aromatic carbocycles. The van der Waals surface area contributed by atoms with Crippen LogP contribution in [0.15, 0.2) is 29.1 Å². The molecule has 2 amide bonds. The maximum atomic E-state index is 12.5. The second kappa shape index (κ2) is 9.13. The maximum absolute atomic E-state index is 12.5. The van der Waals surface area contributed by atoms with Gasteiger partial charge in [-0.15, -0.1) is 0 Å². The molecule has 0 spiro atoms. The number of aromatic amines is 2. The third-order valence-corrected chi connectivity index (χ3v) is 5.35. The van der Waals surface area contributed by atoms with Crippen molar-refractivity contribution in [1.82, 2.24) is 24.8 Å². The lowest BCUT2D eigenvalue weighted by atomic mass is 10.2. The van der Waals surface area contributed by atoms with Crippen LogP contribution < -0.4 is 10.4 Å². The van der Waals surface area contributed by atoms with Crippen molar-refractivity contribution < 1.29 is 19.1 Å². The summed E-state index contributed by atoms with van der Waals surface area (Å²) < 4.78 is 11.2. The van der Waals surface area contributed by atoms with Gasteiger partial charge in [0.15, 0.2) is 5.65 Å². The van der Waals surface area contributed by atoms with Crippen LogP contribution in [0.3, 0.4) is 0 Å². The minimum atomic E-state index is -0.529. The van der Waals surface area contributed by atoms with Crippen molar-refractivity contribution in [2.45, 2.75) is 39.2 Å². The molecule has 0 unspecified atom stereocenters. The van der Waals surface area contributed by atoms with Gasteiger partial charge < -0.3 is 24.3 Å². The number of nitrogens with one attached hydrogen (secondary N) is 2. The van der Waals surface area contributed by atoms with Gasteiger partial charge in [-0.25, -0.2) is 14.6 Å². The fraction of sp³-hybridized carbons (Fsp3) is 0.478. The van der Waals surface area contributed by atoms with Crippen LogP contribution >= 0.6 is 0 Å². The third-order valence-electron chi connectivity index (χ3n) is 5.35. The number of fused-ring (bicyclic) bond motifs is 2. The van der Waals surface area contributed by atoms with Crippen LogP contribution in [0, 0.1) is 0 Å². The zero-order valence-corrected chi connectivity index (χ0v) is 19.1. The van der Waals surface area contributed by atoms with Gasteiger partial charge in [0, 0.05) is 38.0 Å². The topological polar surface area (TPSA) is 121 Å². The number of imidazole rings is 1. The summed E-state index contributed by atoms with van der Waals surface area (Å²) in [5.41, 5.74) is 1.10. The molecule has 3 heterocycles. The number of nitrogens with zero attached hydrogens (tertiary/aromatic N) is 3. The number of H-pyrrole nitrogens is 2. The smallest absolute Gasteiger partial charge is 0.410 e. The Morgan fingerprint density at radius 2 is 1.79 bits per heavy atom. The highest BCUT2D eigenvalue weighted by Gasteiger charge is 2.27. The van der Waals surface area contributed by atoms with Gasteiger partial charge in [0.1, 0.15) is 11.4 Å². The normalized spacial score (nSPS) is 14.6. The van der Waals surface area contributed by atoms with Crippen molar-refractivity contribution >= 4 is 34.1 Å². The first-order valence-electron chi connectivity index (χ1n) is 11.1. The lowest BCUT2D eigenvalue weighted by molar-refractivity contribution is -0.133.